The second kappa shape index (κ2) is 5.40. The van der Waals surface area contributed by atoms with Crippen molar-refractivity contribution in [3.63, 3.8) is 0 Å². The van der Waals surface area contributed by atoms with E-state index in [4.69, 9.17) is 5.11 Å². The van der Waals surface area contributed by atoms with Crippen molar-refractivity contribution >= 4 is 5.97 Å². The monoisotopic (exact) mass is 297 g/mol. The first-order chi connectivity index (χ1) is 10.6. The second-order valence-corrected chi connectivity index (χ2v) is 4.81. The summed E-state index contributed by atoms with van der Waals surface area (Å²) in [7, 11) is 0. The van der Waals surface area contributed by atoms with E-state index >= 15 is 0 Å². The van der Waals surface area contributed by atoms with Crippen LogP contribution in [0.5, 0.6) is 0 Å². The average Bonchev–Trinajstić information content (AvgIpc) is 2.89. The maximum absolute atomic E-state index is 13.5. The van der Waals surface area contributed by atoms with Crippen molar-refractivity contribution in [3.8, 4) is 17.1 Å². The van der Waals surface area contributed by atoms with E-state index in [9.17, 15) is 9.18 Å². The normalized spacial score (nSPS) is 10.6. The number of hydrogen-bond donors (Lipinski definition) is 1. The maximum Gasteiger partial charge on any atom is 0.335 e. The second-order valence-electron chi connectivity index (χ2n) is 4.81. The highest BCUT2D eigenvalue weighted by Gasteiger charge is 2.14. The number of aromatic nitrogens is 3. The Morgan fingerprint density at radius 1 is 1.27 bits per heavy atom. The molecule has 3 rings (SSSR count). The number of benzene rings is 1. The van der Waals surface area contributed by atoms with Gasteiger partial charge in [-0.1, -0.05) is 12.1 Å². The third kappa shape index (κ3) is 2.46. The quantitative estimate of drug-likeness (QED) is 0.806. The van der Waals surface area contributed by atoms with Gasteiger partial charge in [0.25, 0.3) is 0 Å². The molecule has 2 aromatic heterocycles. The summed E-state index contributed by atoms with van der Waals surface area (Å²) in [5, 5.41) is 13.3. The van der Waals surface area contributed by atoms with Crippen molar-refractivity contribution in [2.75, 3.05) is 0 Å². The molecule has 0 unspecified atom stereocenters. The predicted molar refractivity (Wildman–Crippen MR) is 78.4 cm³/mol. The van der Waals surface area contributed by atoms with E-state index in [1.54, 1.807) is 18.3 Å². The summed E-state index contributed by atoms with van der Waals surface area (Å²) in [5.74, 6) is -1.02. The molecule has 22 heavy (non-hydrogen) atoms. The van der Waals surface area contributed by atoms with Crippen LogP contribution in [0.2, 0.25) is 0 Å². The Morgan fingerprint density at radius 3 is 2.82 bits per heavy atom. The lowest BCUT2D eigenvalue weighted by Gasteiger charge is -2.09. The van der Waals surface area contributed by atoms with E-state index in [1.807, 2.05) is 6.92 Å². The van der Waals surface area contributed by atoms with Crippen LogP contribution in [0.15, 0.2) is 48.8 Å². The number of aryl methyl sites for hydroxylation is 1. The van der Waals surface area contributed by atoms with Crippen molar-refractivity contribution < 1.29 is 14.3 Å². The molecule has 1 N–H and O–H groups in total. The lowest BCUT2D eigenvalue weighted by atomic mass is 10.1. The van der Waals surface area contributed by atoms with E-state index in [1.165, 1.54) is 35.1 Å². The van der Waals surface area contributed by atoms with Gasteiger partial charge in [-0.05, 0) is 36.8 Å². The molecule has 0 saturated carbocycles. The number of carboxylic acids is 1. The zero-order chi connectivity index (χ0) is 15.7. The summed E-state index contributed by atoms with van der Waals surface area (Å²) in [6.45, 7) is 1.85. The number of halogens is 1. The van der Waals surface area contributed by atoms with Crippen LogP contribution < -0.4 is 0 Å². The summed E-state index contributed by atoms with van der Waals surface area (Å²) in [4.78, 5) is 15.2. The number of rotatable bonds is 3. The molecule has 0 fully saturated rings. The minimum absolute atomic E-state index is 0.114. The molecule has 1 aromatic carbocycles. The van der Waals surface area contributed by atoms with Crippen LogP contribution in [-0.2, 0) is 0 Å². The fourth-order valence-electron chi connectivity index (χ4n) is 2.26. The topological polar surface area (TPSA) is 68.0 Å². The number of carboxylic acid groups (broad SMARTS) is 1. The molecule has 6 heteroatoms. The molecule has 0 aliphatic heterocycles. The number of hydrogen-bond acceptors (Lipinski definition) is 3. The van der Waals surface area contributed by atoms with Crippen molar-refractivity contribution in [2.24, 2.45) is 0 Å². The van der Waals surface area contributed by atoms with Crippen LogP contribution in [0.1, 0.15) is 15.9 Å². The van der Waals surface area contributed by atoms with Gasteiger partial charge in [0.15, 0.2) is 5.82 Å². The van der Waals surface area contributed by atoms with Gasteiger partial charge in [0.05, 0.1) is 17.5 Å². The molecule has 0 amide bonds. The van der Waals surface area contributed by atoms with Gasteiger partial charge < -0.3 is 5.11 Å². The van der Waals surface area contributed by atoms with Gasteiger partial charge in [-0.15, -0.1) is 0 Å². The van der Waals surface area contributed by atoms with Crippen LogP contribution in [-0.4, -0.2) is 25.8 Å². The Hall–Kier alpha value is -3.02. The SMILES string of the molecule is Cc1cnn(-c2cc(C(=O)O)ccn2)c1-c1cccc(F)c1. The molecule has 0 radical (unpaired) electrons. The Morgan fingerprint density at radius 2 is 2.09 bits per heavy atom. The van der Waals surface area contributed by atoms with E-state index in [-0.39, 0.29) is 11.4 Å². The van der Waals surface area contributed by atoms with E-state index in [0.717, 1.165) is 5.56 Å². The zero-order valence-electron chi connectivity index (χ0n) is 11.7. The van der Waals surface area contributed by atoms with Gasteiger partial charge in [0.1, 0.15) is 5.82 Å². The highest BCUT2D eigenvalue weighted by atomic mass is 19.1. The van der Waals surface area contributed by atoms with Crippen LogP contribution in [0.3, 0.4) is 0 Å². The summed E-state index contributed by atoms with van der Waals surface area (Å²) in [6, 6.07) is 8.99. The summed E-state index contributed by atoms with van der Waals surface area (Å²) < 4.78 is 15.0. The van der Waals surface area contributed by atoms with Gasteiger partial charge in [0, 0.05) is 11.8 Å². The minimum Gasteiger partial charge on any atom is -0.478 e. The molecule has 3 aromatic rings. The molecular weight excluding hydrogens is 285 g/mol. The van der Waals surface area contributed by atoms with Gasteiger partial charge >= 0.3 is 5.97 Å². The molecule has 0 aliphatic rings. The van der Waals surface area contributed by atoms with Gasteiger partial charge in [-0.25, -0.2) is 18.9 Å². The summed E-state index contributed by atoms with van der Waals surface area (Å²) >= 11 is 0. The summed E-state index contributed by atoms with van der Waals surface area (Å²) in [6.07, 6.45) is 3.04. The minimum atomic E-state index is -1.04. The zero-order valence-corrected chi connectivity index (χ0v) is 11.7. The molecule has 2 heterocycles. The standard InChI is InChI=1S/C16H12FN3O2/c1-10-9-19-20(14-8-12(16(21)22)5-6-18-14)15(10)11-3-2-4-13(17)7-11/h2-9H,1H3,(H,21,22). The first-order valence-electron chi connectivity index (χ1n) is 6.56. The largest absolute Gasteiger partial charge is 0.478 e. The third-order valence-corrected chi connectivity index (χ3v) is 3.26. The molecule has 5 nitrogen and oxygen atoms in total. The van der Waals surface area contributed by atoms with Crippen molar-refractivity contribution in [1.29, 1.82) is 0 Å². The Balaban J connectivity index is 2.17. The van der Waals surface area contributed by atoms with Crippen LogP contribution in [0.25, 0.3) is 17.1 Å². The van der Waals surface area contributed by atoms with E-state index < -0.39 is 5.97 Å². The Kier molecular flexibility index (Phi) is 3.42. The maximum atomic E-state index is 13.5. The Labute approximate surface area is 125 Å². The highest BCUT2D eigenvalue weighted by molar-refractivity contribution is 5.88. The van der Waals surface area contributed by atoms with Gasteiger partial charge in [-0.2, -0.15) is 5.10 Å². The molecule has 0 bridgehead atoms. The number of aromatic carboxylic acids is 1. The lowest BCUT2D eigenvalue weighted by molar-refractivity contribution is 0.0696. The van der Waals surface area contributed by atoms with E-state index in [2.05, 4.69) is 10.1 Å². The van der Waals surface area contributed by atoms with Crippen molar-refractivity contribution in [1.82, 2.24) is 14.8 Å². The first-order valence-corrected chi connectivity index (χ1v) is 6.56. The van der Waals surface area contributed by atoms with Crippen molar-refractivity contribution in [2.45, 2.75) is 6.92 Å². The molecular formula is C16H12FN3O2. The summed E-state index contributed by atoms with van der Waals surface area (Å²) in [5.41, 5.74) is 2.28. The molecule has 0 aliphatic carbocycles. The van der Waals surface area contributed by atoms with Gasteiger partial charge in [-0.3, -0.25) is 0 Å². The van der Waals surface area contributed by atoms with Crippen molar-refractivity contribution in [3.05, 3.63) is 65.7 Å². The van der Waals surface area contributed by atoms with Crippen LogP contribution >= 0.6 is 0 Å². The van der Waals surface area contributed by atoms with Gasteiger partial charge in [0.2, 0.25) is 0 Å². The molecule has 110 valence electrons. The van der Waals surface area contributed by atoms with Crippen LogP contribution in [0.4, 0.5) is 4.39 Å². The van der Waals surface area contributed by atoms with E-state index in [0.29, 0.717) is 17.1 Å². The smallest absolute Gasteiger partial charge is 0.335 e. The fourth-order valence-corrected chi connectivity index (χ4v) is 2.26. The lowest BCUT2D eigenvalue weighted by Crippen LogP contribution is -2.05. The number of pyridine rings is 1. The highest BCUT2D eigenvalue weighted by Crippen LogP contribution is 2.26. The van der Waals surface area contributed by atoms with Crippen LogP contribution in [0, 0.1) is 12.7 Å². The fraction of sp³-hybridized carbons (Fsp3) is 0.0625. The number of carbonyl (C=O) groups is 1. The Bertz CT molecular complexity index is 858. The first kappa shape index (κ1) is 13.9. The predicted octanol–water partition coefficient (Wildman–Crippen LogP) is 3.08. The third-order valence-electron chi connectivity index (χ3n) is 3.26. The average molecular weight is 297 g/mol. The molecule has 0 atom stereocenters. The number of nitrogens with zero attached hydrogens (tertiary/aromatic N) is 3. The molecule has 0 spiro atoms. The molecule has 0 saturated heterocycles.